The number of hydrogen-bond acceptors (Lipinski definition) is 3. The second kappa shape index (κ2) is 3.90. The van der Waals surface area contributed by atoms with Crippen LogP contribution in [-0.4, -0.2) is 23.9 Å². The SMILES string of the molecule is CO/N=C(\C(=O)O)C1=CCCC1. The van der Waals surface area contributed by atoms with Crippen molar-refractivity contribution in [3.8, 4) is 0 Å². The number of rotatable bonds is 3. The van der Waals surface area contributed by atoms with Gasteiger partial charge in [-0.1, -0.05) is 11.2 Å². The lowest BCUT2D eigenvalue weighted by Crippen LogP contribution is -2.15. The molecular weight excluding hydrogens is 158 g/mol. The molecule has 0 aromatic rings. The molecule has 0 atom stereocenters. The summed E-state index contributed by atoms with van der Waals surface area (Å²) in [6, 6.07) is 0. The molecule has 0 amide bonds. The van der Waals surface area contributed by atoms with Crippen molar-refractivity contribution < 1.29 is 14.7 Å². The Morgan fingerprint density at radius 3 is 2.92 bits per heavy atom. The number of oxime groups is 1. The topological polar surface area (TPSA) is 58.9 Å². The van der Waals surface area contributed by atoms with Crippen LogP contribution < -0.4 is 0 Å². The summed E-state index contributed by atoms with van der Waals surface area (Å²) in [5.74, 6) is -1.02. The van der Waals surface area contributed by atoms with E-state index in [0.717, 1.165) is 24.8 Å². The van der Waals surface area contributed by atoms with Gasteiger partial charge in [0.05, 0.1) is 0 Å². The van der Waals surface area contributed by atoms with Gasteiger partial charge in [0.15, 0.2) is 5.71 Å². The van der Waals surface area contributed by atoms with Gasteiger partial charge in [-0.05, 0) is 24.8 Å². The first-order valence-electron chi connectivity index (χ1n) is 3.79. The van der Waals surface area contributed by atoms with E-state index in [0.29, 0.717) is 0 Å². The molecule has 1 aliphatic carbocycles. The van der Waals surface area contributed by atoms with Crippen LogP contribution in [0.4, 0.5) is 0 Å². The first-order chi connectivity index (χ1) is 5.75. The maximum absolute atomic E-state index is 10.6. The predicted molar refractivity (Wildman–Crippen MR) is 44.0 cm³/mol. The molecule has 0 saturated heterocycles. The van der Waals surface area contributed by atoms with Crippen LogP contribution in [0.15, 0.2) is 16.8 Å². The lowest BCUT2D eigenvalue weighted by molar-refractivity contribution is -0.129. The first kappa shape index (κ1) is 8.77. The molecule has 0 heterocycles. The quantitative estimate of drug-likeness (QED) is 0.509. The number of carbonyl (C=O) groups is 1. The van der Waals surface area contributed by atoms with Crippen molar-refractivity contribution in [1.29, 1.82) is 0 Å². The summed E-state index contributed by atoms with van der Waals surface area (Å²) in [4.78, 5) is 15.1. The van der Waals surface area contributed by atoms with E-state index in [4.69, 9.17) is 5.11 Å². The molecule has 0 fully saturated rings. The molecule has 0 saturated carbocycles. The maximum Gasteiger partial charge on any atom is 0.358 e. The van der Waals surface area contributed by atoms with Gasteiger partial charge in [0.25, 0.3) is 0 Å². The molecule has 0 bridgehead atoms. The molecule has 4 nitrogen and oxygen atoms in total. The molecule has 0 spiro atoms. The van der Waals surface area contributed by atoms with Crippen molar-refractivity contribution in [1.82, 2.24) is 0 Å². The molecule has 0 aromatic carbocycles. The van der Waals surface area contributed by atoms with Crippen LogP contribution in [0.5, 0.6) is 0 Å². The summed E-state index contributed by atoms with van der Waals surface area (Å²) in [7, 11) is 1.35. The predicted octanol–water partition coefficient (Wildman–Crippen LogP) is 1.18. The number of nitrogens with zero attached hydrogens (tertiary/aromatic N) is 1. The zero-order chi connectivity index (χ0) is 8.97. The van der Waals surface area contributed by atoms with Crippen molar-refractivity contribution >= 4 is 11.7 Å². The summed E-state index contributed by atoms with van der Waals surface area (Å²) in [6.45, 7) is 0. The lowest BCUT2D eigenvalue weighted by Gasteiger charge is -1.99. The van der Waals surface area contributed by atoms with Crippen LogP contribution >= 0.6 is 0 Å². The molecule has 12 heavy (non-hydrogen) atoms. The fourth-order valence-electron chi connectivity index (χ4n) is 1.21. The Balaban J connectivity index is 2.79. The maximum atomic E-state index is 10.6. The van der Waals surface area contributed by atoms with Crippen LogP contribution in [0.3, 0.4) is 0 Å². The Morgan fingerprint density at radius 2 is 2.50 bits per heavy atom. The molecule has 1 rings (SSSR count). The average molecular weight is 169 g/mol. The van der Waals surface area contributed by atoms with Gasteiger partial charge < -0.3 is 9.94 Å². The Kier molecular flexibility index (Phi) is 2.85. The number of aliphatic carboxylic acids is 1. The van der Waals surface area contributed by atoms with Gasteiger partial charge in [0.2, 0.25) is 0 Å². The van der Waals surface area contributed by atoms with Gasteiger partial charge >= 0.3 is 5.97 Å². The minimum atomic E-state index is -1.02. The lowest BCUT2D eigenvalue weighted by atomic mass is 10.1. The van der Waals surface area contributed by atoms with E-state index in [2.05, 4.69) is 9.99 Å². The minimum Gasteiger partial charge on any atom is -0.476 e. The van der Waals surface area contributed by atoms with E-state index >= 15 is 0 Å². The summed E-state index contributed by atoms with van der Waals surface area (Å²) in [6.07, 6.45) is 4.62. The molecule has 1 N–H and O–H groups in total. The summed E-state index contributed by atoms with van der Waals surface area (Å²) in [5, 5.41) is 12.2. The monoisotopic (exact) mass is 169 g/mol. The van der Waals surface area contributed by atoms with Crippen molar-refractivity contribution in [2.75, 3.05) is 7.11 Å². The van der Waals surface area contributed by atoms with E-state index in [-0.39, 0.29) is 5.71 Å². The van der Waals surface area contributed by atoms with Gasteiger partial charge in [0.1, 0.15) is 7.11 Å². The second-order valence-electron chi connectivity index (χ2n) is 2.55. The highest BCUT2D eigenvalue weighted by atomic mass is 16.6. The third-order valence-corrected chi connectivity index (χ3v) is 1.73. The smallest absolute Gasteiger partial charge is 0.358 e. The van der Waals surface area contributed by atoms with Gasteiger partial charge in [-0.3, -0.25) is 0 Å². The van der Waals surface area contributed by atoms with Gasteiger partial charge in [-0.2, -0.15) is 0 Å². The zero-order valence-corrected chi connectivity index (χ0v) is 6.91. The third kappa shape index (κ3) is 1.84. The molecule has 0 aromatic heterocycles. The van der Waals surface area contributed by atoms with E-state index < -0.39 is 5.97 Å². The fourth-order valence-corrected chi connectivity index (χ4v) is 1.21. The fraction of sp³-hybridized carbons (Fsp3) is 0.500. The van der Waals surface area contributed by atoms with Gasteiger partial charge in [-0.15, -0.1) is 0 Å². The standard InChI is InChI=1S/C8H11NO3/c1-12-9-7(8(10)11)6-4-2-3-5-6/h4H,2-3,5H2,1H3,(H,10,11)/b9-7-. The Hall–Kier alpha value is -1.32. The van der Waals surface area contributed by atoms with E-state index in [1.807, 2.05) is 6.08 Å². The van der Waals surface area contributed by atoms with E-state index in [1.54, 1.807) is 0 Å². The number of carboxylic acids is 1. The number of carboxylic acid groups (broad SMARTS) is 1. The average Bonchev–Trinajstić information content (AvgIpc) is 2.51. The Labute approximate surface area is 70.5 Å². The number of hydrogen-bond donors (Lipinski definition) is 1. The van der Waals surface area contributed by atoms with E-state index in [1.165, 1.54) is 7.11 Å². The normalized spacial score (nSPS) is 17.4. The first-order valence-corrected chi connectivity index (χ1v) is 3.79. The van der Waals surface area contributed by atoms with Crippen molar-refractivity contribution in [3.05, 3.63) is 11.6 Å². The molecule has 0 unspecified atom stereocenters. The van der Waals surface area contributed by atoms with Crippen LogP contribution in [0.2, 0.25) is 0 Å². The number of allylic oxidation sites excluding steroid dienone is 1. The summed E-state index contributed by atoms with van der Waals surface area (Å²) < 4.78 is 0. The Morgan fingerprint density at radius 1 is 1.75 bits per heavy atom. The Bertz CT molecular complexity index is 243. The summed E-state index contributed by atoms with van der Waals surface area (Å²) in [5.41, 5.74) is 0.819. The molecule has 4 heteroatoms. The van der Waals surface area contributed by atoms with Crippen LogP contribution in [-0.2, 0) is 9.63 Å². The van der Waals surface area contributed by atoms with Gasteiger partial charge in [-0.25, -0.2) is 4.79 Å². The zero-order valence-electron chi connectivity index (χ0n) is 6.91. The van der Waals surface area contributed by atoms with E-state index in [9.17, 15) is 4.79 Å². The van der Waals surface area contributed by atoms with Gasteiger partial charge in [0, 0.05) is 0 Å². The highest BCUT2D eigenvalue weighted by Crippen LogP contribution is 2.19. The third-order valence-electron chi connectivity index (χ3n) is 1.73. The van der Waals surface area contributed by atoms with Crippen molar-refractivity contribution in [2.45, 2.75) is 19.3 Å². The molecular formula is C8H11NO3. The molecule has 0 radical (unpaired) electrons. The second-order valence-corrected chi connectivity index (χ2v) is 2.55. The van der Waals surface area contributed by atoms with Crippen molar-refractivity contribution in [3.63, 3.8) is 0 Å². The van der Waals surface area contributed by atoms with Crippen molar-refractivity contribution in [2.24, 2.45) is 5.16 Å². The van der Waals surface area contributed by atoms with Crippen LogP contribution in [0, 0.1) is 0 Å². The highest BCUT2D eigenvalue weighted by molar-refractivity contribution is 6.42. The van der Waals surface area contributed by atoms with Crippen LogP contribution in [0.1, 0.15) is 19.3 Å². The molecule has 66 valence electrons. The largest absolute Gasteiger partial charge is 0.476 e. The highest BCUT2D eigenvalue weighted by Gasteiger charge is 2.18. The minimum absolute atomic E-state index is 0.0370. The molecule has 1 aliphatic rings. The van der Waals surface area contributed by atoms with Crippen LogP contribution in [0.25, 0.3) is 0 Å². The summed E-state index contributed by atoms with van der Waals surface area (Å²) >= 11 is 0. The molecule has 0 aliphatic heterocycles.